The highest BCUT2D eigenvalue weighted by Gasteiger charge is 2.31. The minimum Gasteiger partial charge on any atom is -0.480 e. The number of nitrogens with one attached hydrogen (secondary N) is 1. The van der Waals surface area contributed by atoms with Crippen LogP contribution in [0.1, 0.15) is 59.8 Å². The zero-order valence-electron chi connectivity index (χ0n) is 12.5. The van der Waals surface area contributed by atoms with E-state index in [-0.39, 0.29) is 5.91 Å². The summed E-state index contributed by atoms with van der Waals surface area (Å²) < 4.78 is 0. The first-order valence-electron chi connectivity index (χ1n) is 7.20. The van der Waals surface area contributed by atoms with E-state index in [2.05, 4.69) is 26.1 Å². The Hall–Kier alpha value is -1.06. The Bertz CT molecular complexity index is 325. The molecule has 1 aliphatic rings. The summed E-state index contributed by atoms with van der Waals surface area (Å²) in [5.41, 5.74) is 0.342. The molecular formula is C15H27NO3. The van der Waals surface area contributed by atoms with Gasteiger partial charge in [-0.2, -0.15) is 0 Å². The Morgan fingerprint density at radius 2 is 1.74 bits per heavy atom. The van der Waals surface area contributed by atoms with Crippen molar-refractivity contribution < 1.29 is 14.7 Å². The minimum absolute atomic E-state index is 0.268. The standard InChI is InChI=1S/C15H27NO3/c1-10(17)16-13(14(18)19)9-11-5-7-12(8-6-11)15(2,3)4/h11-13H,5-9H2,1-4H3,(H,16,17)(H,18,19). The predicted octanol–water partition coefficient (Wildman–Crippen LogP) is 2.82. The first-order chi connectivity index (χ1) is 8.70. The van der Waals surface area contributed by atoms with Gasteiger partial charge in [0, 0.05) is 6.92 Å². The van der Waals surface area contributed by atoms with Crippen LogP contribution in [-0.4, -0.2) is 23.0 Å². The van der Waals surface area contributed by atoms with Crippen LogP contribution in [0.2, 0.25) is 0 Å². The molecular weight excluding hydrogens is 242 g/mol. The summed E-state index contributed by atoms with van der Waals surface area (Å²) in [5.74, 6) is -0.0386. The number of carboxylic acids is 1. The second kappa shape index (κ2) is 6.40. The Balaban J connectivity index is 2.47. The number of rotatable bonds is 4. The molecule has 1 rings (SSSR count). The van der Waals surface area contributed by atoms with Crippen LogP contribution >= 0.6 is 0 Å². The van der Waals surface area contributed by atoms with Gasteiger partial charge in [-0.25, -0.2) is 4.79 Å². The molecule has 0 radical (unpaired) electrons. The highest BCUT2D eigenvalue weighted by atomic mass is 16.4. The van der Waals surface area contributed by atoms with Gasteiger partial charge in [0.1, 0.15) is 6.04 Å². The number of carboxylic acid groups (broad SMARTS) is 1. The van der Waals surface area contributed by atoms with Gasteiger partial charge in [-0.1, -0.05) is 33.6 Å². The average molecular weight is 269 g/mol. The molecule has 0 aromatic heterocycles. The van der Waals surface area contributed by atoms with E-state index in [1.54, 1.807) is 0 Å². The summed E-state index contributed by atoms with van der Waals surface area (Å²) in [6.45, 7) is 8.19. The second-order valence-electron chi connectivity index (χ2n) is 6.91. The Morgan fingerprint density at radius 3 is 2.11 bits per heavy atom. The Labute approximate surface area is 116 Å². The summed E-state index contributed by atoms with van der Waals surface area (Å²) in [5, 5.41) is 11.6. The first kappa shape index (κ1) is 16.0. The van der Waals surface area contributed by atoms with E-state index in [9.17, 15) is 9.59 Å². The molecule has 4 heteroatoms. The zero-order chi connectivity index (χ0) is 14.6. The lowest BCUT2D eigenvalue weighted by Gasteiger charge is -2.37. The average Bonchev–Trinajstić information content (AvgIpc) is 2.27. The third kappa shape index (κ3) is 5.21. The summed E-state index contributed by atoms with van der Waals surface area (Å²) in [6, 6.07) is -0.728. The van der Waals surface area contributed by atoms with Gasteiger partial charge in [0.15, 0.2) is 0 Å². The quantitative estimate of drug-likeness (QED) is 0.824. The van der Waals surface area contributed by atoms with Crippen LogP contribution in [0.4, 0.5) is 0 Å². The van der Waals surface area contributed by atoms with Gasteiger partial charge in [0.2, 0.25) is 5.91 Å². The number of aliphatic carboxylic acids is 1. The van der Waals surface area contributed by atoms with Crippen LogP contribution in [0.5, 0.6) is 0 Å². The molecule has 4 nitrogen and oxygen atoms in total. The number of hydrogen-bond donors (Lipinski definition) is 2. The van der Waals surface area contributed by atoms with E-state index in [1.807, 2.05) is 0 Å². The summed E-state index contributed by atoms with van der Waals surface area (Å²) in [6.07, 6.45) is 5.05. The summed E-state index contributed by atoms with van der Waals surface area (Å²) >= 11 is 0. The van der Waals surface area contributed by atoms with Crippen molar-refractivity contribution in [1.82, 2.24) is 5.32 Å². The number of amides is 1. The largest absolute Gasteiger partial charge is 0.480 e. The fourth-order valence-corrected chi connectivity index (χ4v) is 3.06. The molecule has 1 amide bonds. The number of carbonyl (C=O) groups is 2. The lowest BCUT2D eigenvalue weighted by atomic mass is 9.69. The van der Waals surface area contributed by atoms with E-state index in [0.29, 0.717) is 17.8 Å². The fraction of sp³-hybridized carbons (Fsp3) is 0.867. The van der Waals surface area contributed by atoms with Gasteiger partial charge < -0.3 is 10.4 Å². The van der Waals surface area contributed by atoms with E-state index >= 15 is 0 Å². The molecule has 1 unspecified atom stereocenters. The van der Waals surface area contributed by atoms with E-state index in [0.717, 1.165) is 18.8 Å². The van der Waals surface area contributed by atoms with E-state index in [4.69, 9.17) is 5.11 Å². The van der Waals surface area contributed by atoms with Crippen molar-refractivity contribution in [2.45, 2.75) is 65.8 Å². The smallest absolute Gasteiger partial charge is 0.326 e. The van der Waals surface area contributed by atoms with Crippen molar-refractivity contribution in [2.24, 2.45) is 17.3 Å². The van der Waals surface area contributed by atoms with Crippen LogP contribution < -0.4 is 5.32 Å². The van der Waals surface area contributed by atoms with Gasteiger partial charge in [0.25, 0.3) is 0 Å². The van der Waals surface area contributed by atoms with E-state index in [1.165, 1.54) is 19.8 Å². The molecule has 0 heterocycles. The maximum Gasteiger partial charge on any atom is 0.326 e. The summed E-state index contributed by atoms with van der Waals surface area (Å²) in [4.78, 5) is 22.1. The molecule has 0 spiro atoms. The minimum atomic E-state index is -0.923. The van der Waals surface area contributed by atoms with Crippen LogP contribution in [-0.2, 0) is 9.59 Å². The zero-order valence-corrected chi connectivity index (χ0v) is 12.5. The van der Waals surface area contributed by atoms with E-state index < -0.39 is 12.0 Å². The van der Waals surface area contributed by atoms with Crippen molar-refractivity contribution in [3.63, 3.8) is 0 Å². The van der Waals surface area contributed by atoms with Crippen LogP contribution in [0.3, 0.4) is 0 Å². The number of hydrogen-bond acceptors (Lipinski definition) is 2. The molecule has 110 valence electrons. The topological polar surface area (TPSA) is 66.4 Å². The molecule has 1 fully saturated rings. The van der Waals surface area contributed by atoms with Gasteiger partial charge in [-0.3, -0.25) is 4.79 Å². The van der Waals surface area contributed by atoms with Crippen LogP contribution in [0.25, 0.3) is 0 Å². The predicted molar refractivity (Wildman–Crippen MR) is 74.8 cm³/mol. The Kier molecular flexibility index (Phi) is 5.39. The third-order valence-corrected chi connectivity index (χ3v) is 4.32. The highest BCUT2D eigenvalue weighted by molar-refractivity contribution is 5.82. The maximum atomic E-state index is 11.1. The molecule has 19 heavy (non-hydrogen) atoms. The second-order valence-corrected chi connectivity index (χ2v) is 6.91. The fourth-order valence-electron chi connectivity index (χ4n) is 3.06. The first-order valence-corrected chi connectivity index (χ1v) is 7.20. The molecule has 1 saturated carbocycles. The molecule has 2 N–H and O–H groups in total. The monoisotopic (exact) mass is 269 g/mol. The lowest BCUT2D eigenvalue weighted by Crippen LogP contribution is -2.41. The SMILES string of the molecule is CC(=O)NC(CC1CCC(C(C)(C)C)CC1)C(=O)O. The molecule has 1 aliphatic carbocycles. The van der Waals surface area contributed by atoms with Gasteiger partial charge >= 0.3 is 5.97 Å². The third-order valence-electron chi connectivity index (χ3n) is 4.32. The molecule has 0 aliphatic heterocycles. The van der Waals surface area contributed by atoms with Gasteiger partial charge in [0.05, 0.1) is 0 Å². The van der Waals surface area contributed by atoms with Crippen molar-refractivity contribution in [2.75, 3.05) is 0 Å². The Morgan fingerprint density at radius 1 is 1.21 bits per heavy atom. The number of carbonyl (C=O) groups excluding carboxylic acids is 1. The summed E-state index contributed by atoms with van der Waals surface area (Å²) in [7, 11) is 0. The van der Waals surface area contributed by atoms with Crippen LogP contribution in [0, 0.1) is 17.3 Å². The van der Waals surface area contributed by atoms with Gasteiger partial charge in [-0.15, -0.1) is 0 Å². The van der Waals surface area contributed by atoms with Crippen molar-refractivity contribution >= 4 is 11.9 Å². The molecule has 0 aromatic carbocycles. The van der Waals surface area contributed by atoms with Crippen LogP contribution in [0.15, 0.2) is 0 Å². The van der Waals surface area contributed by atoms with Crippen molar-refractivity contribution in [3.8, 4) is 0 Å². The lowest BCUT2D eigenvalue weighted by molar-refractivity contribution is -0.142. The molecule has 0 saturated heterocycles. The molecule has 0 aromatic rings. The van der Waals surface area contributed by atoms with Crippen molar-refractivity contribution in [1.29, 1.82) is 0 Å². The van der Waals surface area contributed by atoms with Gasteiger partial charge in [-0.05, 0) is 36.5 Å². The molecule has 1 atom stereocenters. The normalized spacial score (nSPS) is 25.7. The van der Waals surface area contributed by atoms with Crippen molar-refractivity contribution in [3.05, 3.63) is 0 Å². The highest BCUT2D eigenvalue weighted by Crippen LogP contribution is 2.40. The molecule has 0 bridgehead atoms. The maximum absolute atomic E-state index is 11.1.